The average molecular weight is 366 g/mol. The Bertz CT molecular complexity index is 831. The highest BCUT2D eigenvalue weighted by Crippen LogP contribution is 2.23. The van der Waals surface area contributed by atoms with Crippen molar-refractivity contribution in [3.8, 4) is 5.75 Å². The van der Waals surface area contributed by atoms with Gasteiger partial charge in [-0.1, -0.05) is 6.07 Å². The number of nitrogens with one attached hydrogen (secondary N) is 3. The van der Waals surface area contributed by atoms with Crippen LogP contribution in [-0.2, 0) is 4.74 Å². The topological polar surface area (TPSA) is 84.0 Å². The summed E-state index contributed by atoms with van der Waals surface area (Å²) in [6.45, 7) is 2.85. The Morgan fingerprint density at radius 2 is 2.00 bits per heavy atom. The van der Waals surface area contributed by atoms with E-state index in [9.17, 15) is 4.79 Å². The monoisotopic (exact) mass is 366 g/mol. The summed E-state index contributed by atoms with van der Waals surface area (Å²) in [5.74, 6) is 1.18. The minimum atomic E-state index is -0.173. The normalized spacial score (nSPS) is 16.5. The molecular weight excluding hydrogens is 344 g/mol. The van der Waals surface area contributed by atoms with Gasteiger partial charge in [-0.15, -0.1) is 0 Å². The van der Waals surface area contributed by atoms with E-state index < -0.39 is 0 Å². The van der Waals surface area contributed by atoms with E-state index in [0.29, 0.717) is 24.7 Å². The predicted molar refractivity (Wildman–Crippen MR) is 104 cm³/mol. The van der Waals surface area contributed by atoms with Crippen LogP contribution in [0.3, 0.4) is 0 Å². The van der Waals surface area contributed by atoms with Crippen LogP contribution < -0.4 is 20.7 Å². The number of carbonyl (C=O) groups is 1. The van der Waals surface area contributed by atoms with Crippen LogP contribution in [0.1, 0.15) is 16.8 Å². The largest absolute Gasteiger partial charge is 0.486 e. The maximum Gasteiger partial charge on any atom is 0.257 e. The van der Waals surface area contributed by atoms with Crippen LogP contribution in [0.4, 0.5) is 11.4 Å². The molecule has 0 saturated carbocycles. The Balaban J connectivity index is 1.36. The van der Waals surface area contributed by atoms with E-state index in [1.807, 2.05) is 36.4 Å². The lowest BCUT2D eigenvalue weighted by molar-refractivity contribution is -0.0796. The molecule has 2 aromatic rings. The Hall–Kier alpha value is -3.06. The molecule has 2 heterocycles. The summed E-state index contributed by atoms with van der Waals surface area (Å²) in [5.41, 5.74) is 2.40. The van der Waals surface area contributed by atoms with Crippen molar-refractivity contribution in [1.29, 1.82) is 0 Å². The number of benzene rings is 2. The van der Waals surface area contributed by atoms with Gasteiger partial charge in [0.2, 0.25) is 0 Å². The second kappa shape index (κ2) is 8.09. The van der Waals surface area contributed by atoms with Gasteiger partial charge >= 0.3 is 0 Å². The molecule has 2 aromatic carbocycles. The third kappa shape index (κ3) is 4.57. The van der Waals surface area contributed by atoms with E-state index in [1.54, 1.807) is 12.1 Å². The van der Waals surface area contributed by atoms with E-state index in [-0.39, 0.29) is 12.0 Å². The molecule has 140 valence electrons. The quantitative estimate of drug-likeness (QED) is 0.756. The Morgan fingerprint density at radius 3 is 2.70 bits per heavy atom. The van der Waals surface area contributed by atoms with E-state index in [2.05, 4.69) is 20.9 Å². The van der Waals surface area contributed by atoms with Crippen molar-refractivity contribution in [2.75, 3.05) is 31.6 Å². The minimum Gasteiger partial charge on any atom is -0.486 e. The second-order valence-corrected chi connectivity index (χ2v) is 6.47. The molecule has 2 aliphatic rings. The van der Waals surface area contributed by atoms with Gasteiger partial charge in [-0.25, -0.2) is 0 Å². The van der Waals surface area contributed by atoms with Gasteiger partial charge in [0, 0.05) is 36.1 Å². The van der Waals surface area contributed by atoms with Crippen molar-refractivity contribution < 1.29 is 14.3 Å². The van der Waals surface area contributed by atoms with Crippen LogP contribution in [0.2, 0.25) is 0 Å². The number of rotatable bonds is 5. The van der Waals surface area contributed by atoms with Crippen molar-refractivity contribution in [2.45, 2.75) is 12.5 Å². The summed E-state index contributed by atoms with van der Waals surface area (Å²) in [6.07, 6.45) is 1.13. The predicted octanol–water partition coefficient (Wildman–Crippen LogP) is 2.29. The lowest BCUT2D eigenvalue weighted by atomic mass is 10.2. The SMILES string of the molecule is O=C(NC1=NCCCN1)c1ccc(Nc2cccc(OC3COC3)c2)cc1. The number of amides is 1. The van der Waals surface area contributed by atoms with Crippen molar-refractivity contribution >= 4 is 23.2 Å². The second-order valence-electron chi connectivity index (χ2n) is 6.47. The molecule has 1 fully saturated rings. The van der Waals surface area contributed by atoms with Crippen LogP contribution in [0.5, 0.6) is 5.75 Å². The van der Waals surface area contributed by atoms with Crippen LogP contribution >= 0.6 is 0 Å². The van der Waals surface area contributed by atoms with E-state index in [4.69, 9.17) is 9.47 Å². The van der Waals surface area contributed by atoms with Crippen LogP contribution in [0.25, 0.3) is 0 Å². The smallest absolute Gasteiger partial charge is 0.257 e. The van der Waals surface area contributed by atoms with Crippen LogP contribution in [-0.4, -0.2) is 44.3 Å². The molecule has 0 aromatic heterocycles. The zero-order valence-electron chi connectivity index (χ0n) is 14.9. The summed E-state index contributed by atoms with van der Waals surface area (Å²) >= 11 is 0. The van der Waals surface area contributed by atoms with Gasteiger partial charge in [0.1, 0.15) is 11.9 Å². The third-order valence-corrected chi connectivity index (χ3v) is 4.31. The molecule has 3 N–H and O–H groups in total. The lowest BCUT2D eigenvalue weighted by Crippen LogP contribution is -2.43. The zero-order chi connectivity index (χ0) is 18.5. The molecule has 27 heavy (non-hydrogen) atoms. The first kappa shape index (κ1) is 17.4. The van der Waals surface area contributed by atoms with Gasteiger partial charge in [0.15, 0.2) is 5.96 Å². The molecule has 1 amide bonds. The lowest BCUT2D eigenvalue weighted by Gasteiger charge is -2.26. The van der Waals surface area contributed by atoms with Crippen molar-refractivity contribution in [2.24, 2.45) is 4.99 Å². The number of aliphatic imine (C=N–C) groups is 1. The maximum absolute atomic E-state index is 12.3. The first-order valence-electron chi connectivity index (χ1n) is 9.07. The molecule has 0 atom stereocenters. The molecule has 7 nitrogen and oxygen atoms in total. The number of ether oxygens (including phenoxy) is 2. The fraction of sp³-hybridized carbons (Fsp3) is 0.300. The molecule has 2 aliphatic heterocycles. The first-order valence-corrected chi connectivity index (χ1v) is 9.07. The molecule has 0 spiro atoms. The van der Waals surface area contributed by atoms with Crippen molar-refractivity contribution in [3.63, 3.8) is 0 Å². The Labute approximate surface area is 157 Å². The summed E-state index contributed by atoms with van der Waals surface area (Å²) in [5, 5.41) is 9.19. The number of nitrogens with zero attached hydrogens (tertiary/aromatic N) is 1. The Kier molecular flexibility index (Phi) is 5.20. The fourth-order valence-corrected chi connectivity index (χ4v) is 2.79. The number of carbonyl (C=O) groups excluding carboxylic acids is 1. The summed E-state index contributed by atoms with van der Waals surface area (Å²) < 4.78 is 10.9. The molecule has 0 radical (unpaired) electrons. The molecule has 0 unspecified atom stereocenters. The highest BCUT2D eigenvalue weighted by Gasteiger charge is 2.20. The maximum atomic E-state index is 12.3. The number of hydrogen-bond acceptors (Lipinski definition) is 6. The highest BCUT2D eigenvalue weighted by atomic mass is 16.6. The standard InChI is InChI=1S/C20H22N4O3/c25-19(24-20-21-9-2-10-22-20)14-5-7-15(8-6-14)23-16-3-1-4-17(11-16)27-18-12-26-13-18/h1,3-8,11,18,23H,2,9-10,12-13H2,(H2,21,22,24,25). The van der Waals surface area contributed by atoms with E-state index in [0.717, 1.165) is 36.6 Å². The van der Waals surface area contributed by atoms with Crippen molar-refractivity contribution in [3.05, 3.63) is 54.1 Å². The number of anilines is 2. The van der Waals surface area contributed by atoms with Crippen molar-refractivity contribution in [1.82, 2.24) is 10.6 Å². The summed E-state index contributed by atoms with van der Waals surface area (Å²) in [7, 11) is 0. The molecule has 1 saturated heterocycles. The van der Waals surface area contributed by atoms with Gasteiger partial charge in [-0.3, -0.25) is 15.1 Å². The number of guanidine groups is 1. The van der Waals surface area contributed by atoms with Gasteiger partial charge in [-0.05, 0) is 42.8 Å². The van der Waals surface area contributed by atoms with Gasteiger partial charge in [0.05, 0.1) is 13.2 Å². The van der Waals surface area contributed by atoms with Crippen LogP contribution in [0, 0.1) is 0 Å². The Morgan fingerprint density at radius 1 is 1.15 bits per heavy atom. The third-order valence-electron chi connectivity index (χ3n) is 4.31. The van der Waals surface area contributed by atoms with E-state index >= 15 is 0 Å². The molecular formula is C20H22N4O3. The van der Waals surface area contributed by atoms with Gasteiger partial charge < -0.3 is 20.1 Å². The summed E-state index contributed by atoms with van der Waals surface area (Å²) in [6, 6.07) is 15.1. The fourth-order valence-electron chi connectivity index (χ4n) is 2.79. The molecule has 7 heteroatoms. The molecule has 0 aliphatic carbocycles. The average Bonchev–Trinajstić information content (AvgIpc) is 2.66. The first-order chi connectivity index (χ1) is 13.3. The number of hydrogen-bond donors (Lipinski definition) is 3. The van der Waals surface area contributed by atoms with Crippen LogP contribution in [0.15, 0.2) is 53.5 Å². The highest BCUT2D eigenvalue weighted by molar-refractivity contribution is 6.05. The molecule has 4 rings (SSSR count). The summed E-state index contributed by atoms with van der Waals surface area (Å²) in [4.78, 5) is 16.5. The minimum absolute atomic E-state index is 0.140. The van der Waals surface area contributed by atoms with Gasteiger partial charge in [-0.2, -0.15) is 0 Å². The van der Waals surface area contributed by atoms with E-state index in [1.165, 1.54) is 0 Å². The zero-order valence-corrected chi connectivity index (χ0v) is 14.9. The van der Waals surface area contributed by atoms with Gasteiger partial charge in [0.25, 0.3) is 5.91 Å². The molecule has 0 bridgehead atoms.